The van der Waals surface area contributed by atoms with Gasteiger partial charge in [0.05, 0.1) is 6.61 Å². The smallest absolute Gasteiger partial charge is 0.0593 e. The molecule has 0 radical (unpaired) electrons. The fourth-order valence-corrected chi connectivity index (χ4v) is 3.42. The summed E-state index contributed by atoms with van der Waals surface area (Å²) < 4.78 is 5.54. The van der Waals surface area contributed by atoms with E-state index in [0.29, 0.717) is 11.6 Å². The van der Waals surface area contributed by atoms with Crippen molar-refractivity contribution in [2.45, 2.75) is 57.5 Å². The van der Waals surface area contributed by atoms with Crippen LogP contribution >= 0.6 is 0 Å². The van der Waals surface area contributed by atoms with Crippen molar-refractivity contribution in [3.63, 3.8) is 0 Å². The summed E-state index contributed by atoms with van der Waals surface area (Å²) in [6.07, 6.45) is 6.98. The van der Waals surface area contributed by atoms with Crippen LogP contribution in [0.1, 0.15) is 46.0 Å². The van der Waals surface area contributed by atoms with Crippen molar-refractivity contribution < 1.29 is 4.74 Å². The molecule has 1 heterocycles. The lowest BCUT2D eigenvalue weighted by Gasteiger charge is -2.51. The molecule has 1 atom stereocenters. The molecule has 2 rings (SSSR count). The molecule has 1 N–H and O–H groups in total. The topological polar surface area (TPSA) is 24.5 Å². The van der Waals surface area contributed by atoms with Crippen LogP contribution in [0.5, 0.6) is 0 Å². The van der Waals surface area contributed by atoms with Crippen molar-refractivity contribution in [3.8, 4) is 0 Å². The van der Waals surface area contributed by atoms with E-state index >= 15 is 0 Å². The molecule has 1 unspecified atom stereocenters. The van der Waals surface area contributed by atoms with Crippen molar-refractivity contribution in [2.75, 3.05) is 32.8 Å². The maximum absolute atomic E-state index is 5.54. The van der Waals surface area contributed by atoms with E-state index < -0.39 is 0 Å². The van der Waals surface area contributed by atoms with Gasteiger partial charge >= 0.3 is 0 Å². The fourth-order valence-electron chi connectivity index (χ4n) is 3.42. The van der Waals surface area contributed by atoms with Gasteiger partial charge in [-0.05, 0) is 26.7 Å². The second kappa shape index (κ2) is 6.17. The summed E-state index contributed by atoms with van der Waals surface area (Å²) in [6.45, 7) is 9.59. The monoisotopic (exact) mass is 240 g/mol. The molecule has 2 fully saturated rings. The van der Waals surface area contributed by atoms with E-state index in [4.69, 9.17) is 4.74 Å². The molecule has 1 spiro atoms. The Morgan fingerprint density at radius 3 is 2.76 bits per heavy atom. The highest BCUT2D eigenvalue weighted by molar-refractivity contribution is 4.99. The maximum Gasteiger partial charge on any atom is 0.0593 e. The van der Waals surface area contributed by atoms with Crippen LogP contribution in [0.3, 0.4) is 0 Å². The summed E-state index contributed by atoms with van der Waals surface area (Å²) >= 11 is 0. The van der Waals surface area contributed by atoms with Gasteiger partial charge in [-0.2, -0.15) is 0 Å². The minimum absolute atomic E-state index is 0.446. The Hall–Kier alpha value is -0.120. The summed E-state index contributed by atoms with van der Waals surface area (Å²) in [5.74, 6) is 0. The first-order valence-electron chi connectivity index (χ1n) is 7.33. The first-order chi connectivity index (χ1) is 8.27. The molecule has 0 aromatic carbocycles. The number of rotatable bonds is 4. The molecule has 0 amide bonds. The average molecular weight is 240 g/mol. The zero-order valence-corrected chi connectivity index (χ0v) is 11.5. The predicted molar refractivity (Wildman–Crippen MR) is 71.3 cm³/mol. The van der Waals surface area contributed by atoms with Crippen LogP contribution in [-0.2, 0) is 4.74 Å². The van der Waals surface area contributed by atoms with E-state index in [0.717, 1.165) is 19.8 Å². The molecular formula is C14H28N2O. The van der Waals surface area contributed by atoms with Gasteiger partial charge in [0.15, 0.2) is 0 Å². The summed E-state index contributed by atoms with van der Waals surface area (Å²) in [6, 6.07) is 0.629. The van der Waals surface area contributed by atoms with Gasteiger partial charge in [0.25, 0.3) is 0 Å². The molecule has 3 heteroatoms. The average Bonchev–Trinajstić information content (AvgIpc) is 2.36. The Balaban J connectivity index is 1.95. The minimum atomic E-state index is 0.446. The van der Waals surface area contributed by atoms with Gasteiger partial charge in [-0.15, -0.1) is 0 Å². The van der Waals surface area contributed by atoms with Gasteiger partial charge in [-0.3, -0.25) is 4.90 Å². The van der Waals surface area contributed by atoms with Gasteiger partial charge in [0.2, 0.25) is 0 Å². The predicted octanol–water partition coefficient (Wildman–Crippen LogP) is 2.02. The number of piperazine rings is 1. The van der Waals surface area contributed by atoms with Crippen molar-refractivity contribution in [1.82, 2.24) is 10.2 Å². The third-order valence-electron chi connectivity index (χ3n) is 4.44. The largest absolute Gasteiger partial charge is 0.380 e. The lowest BCUT2D eigenvalue weighted by molar-refractivity contribution is -0.00782. The van der Waals surface area contributed by atoms with Crippen LogP contribution in [0.2, 0.25) is 0 Å². The molecule has 2 aliphatic rings. The molecule has 0 aromatic heterocycles. The van der Waals surface area contributed by atoms with Crippen LogP contribution in [-0.4, -0.2) is 49.3 Å². The quantitative estimate of drug-likeness (QED) is 0.761. The molecule has 100 valence electrons. The second-order valence-electron chi connectivity index (χ2n) is 5.71. The Kier molecular flexibility index (Phi) is 4.83. The SMILES string of the molecule is CCOCCN1CC(C)NCC12CCCCC2. The molecule has 1 aliphatic carbocycles. The summed E-state index contributed by atoms with van der Waals surface area (Å²) in [4.78, 5) is 2.71. The zero-order chi connectivity index (χ0) is 12.1. The van der Waals surface area contributed by atoms with Gasteiger partial charge < -0.3 is 10.1 Å². The summed E-state index contributed by atoms with van der Waals surface area (Å²) in [5, 5.41) is 3.68. The van der Waals surface area contributed by atoms with Crippen LogP contribution in [0.15, 0.2) is 0 Å². The Morgan fingerprint density at radius 2 is 2.06 bits per heavy atom. The number of nitrogens with one attached hydrogen (secondary N) is 1. The Morgan fingerprint density at radius 1 is 1.29 bits per heavy atom. The van der Waals surface area contributed by atoms with E-state index in [9.17, 15) is 0 Å². The van der Waals surface area contributed by atoms with Crippen molar-refractivity contribution in [1.29, 1.82) is 0 Å². The molecule has 0 aromatic rings. The van der Waals surface area contributed by atoms with Gasteiger partial charge in [-0.25, -0.2) is 0 Å². The molecule has 3 nitrogen and oxygen atoms in total. The first-order valence-corrected chi connectivity index (χ1v) is 7.33. The number of hydrogen-bond donors (Lipinski definition) is 1. The van der Waals surface area contributed by atoms with Crippen molar-refractivity contribution in [3.05, 3.63) is 0 Å². The molecular weight excluding hydrogens is 212 g/mol. The Labute approximate surface area is 106 Å². The van der Waals surface area contributed by atoms with E-state index in [1.54, 1.807) is 0 Å². The molecule has 1 saturated heterocycles. The van der Waals surface area contributed by atoms with Crippen molar-refractivity contribution in [2.24, 2.45) is 0 Å². The lowest BCUT2D eigenvalue weighted by atomic mass is 9.78. The standard InChI is InChI=1S/C14H28N2O/c1-3-17-10-9-16-11-13(2)15-12-14(16)7-5-4-6-8-14/h13,15H,3-12H2,1-2H3. The lowest BCUT2D eigenvalue weighted by Crippen LogP contribution is -2.65. The highest BCUT2D eigenvalue weighted by Gasteiger charge is 2.40. The van der Waals surface area contributed by atoms with Gasteiger partial charge in [0.1, 0.15) is 0 Å². The first kappa shape index (κ1) is 13.3. The highest BCUT2D eigenvalue weighted by atomic mass is 16.5. The molecule has 17 heavy (non-hydrogen) atoms. The summed E-state index contributed by atoms with van der Waals surface area (Å²) in [7, 11) is 0. The molecule has 1 saturated carbocycles. The molecule has 0 bridgehead atoms. The van der Waals surface area contributed by atoms with E-state index in [-0.39, 0.29) is 0 Å². The van der Waals surface area contributed by atoms with Crippen LogP contribution in [0.4, 0.5) is 0 Å². The number of hydrogen-bond acceptors (Lipinski definition) is 3. The Bertz CT molecular complexity index is 226. The summed E-state index contributed by atoms with van der Waals surface area (Å²) in [5.41, 5.74) is 0.446. The normalized spacial score (nSPS) is 29.6. The van der Waals surface area contributed by atoms with E-state index in [1.165, 1.54) is 45.2 Å². The number of nitrogens with zero attached hydrogens (tertiary/aromatic N) is 1. The minimum Gasteiger partial charge on any atom is -0.380 e. The van der Waals surface area contributed by atoms with Gasteiger partial charge in [0, 0.05) is 37.8 Å². The fraction of sp³-hybridized carbons (Fsp3) is 1.00. The zero-order valence-electron chi connectivity index (χ0n) is 11.5. The van der Waals surface area contributed by atoms with E-state index in [1.807, 2.05) is 0 Å². The second-order valence-corrected chi connectivity index (χ2v) is 5.71. The van der Waals surface area contributed by atoms with Crippen LogP contribution in [0.25, 0.3) is 0 Å². The number of ether oxygens (including phenoxy) is 1. The van der Waals surface area contributed by atoms with Gasteiger partial charge in [-0.1, -0.05) is 19.3 Å². The van der Waals surface area contributed by atoms with Crippen LogP contribution < -0.4 is 5.32 Å². The molecule has 1 aliphatic heterocycles. The third-order valence-corrected chi connectivity index (χ3v) is 4.44. The van der Waals surface area contributed by atoms with E-state index in [2.05, 4.69) is 24.1 Å². The van der Waals surface area contributed by atoms with Crippen molar-refractivity contribution >= 4 is 0 Å². The van der Waals surface area contributed by atoms with Crippen LogP contribution in [0, 0.1) is 0 Å². The third kappa shape index (κ3) is 3.21. The maximum atomic E-state index is 5.54. The highest BCUT2D eigenvalue weighted by Crippen LogP contribution is 2.35.